The standard InChI is InChI=1S/C46H28N2O/c1-2-11-31(12-3-1)41-28-42(36-20-17-29-9-4-5-13-32(29)26-36)48-46(47-41)40-15-8-16-43-45(40)39-24-22-34(27-44(39)49-43)33-21-23-38-35(25-33)19-18-30-10-6-7-14-37(30)38/h1-28H. The van der Waals surface area contributed by atoms with Gasteiger partial charge in [0.15, 0.2) is 5.82 Å². The van der Waals surface area contributed by atoms with Gasteiger partial charge >= 0.3 is 0 Å². The number of rotatable bonds is 4. The van der Waals surface area contributed by atoms with Crippen molar-refractivity contribution in [3.63, 3.8) is 0 Å². The van der Waals surface area contributed by atoms with Gasteiger partial charge in [-0.05, 0) is 79.8 Å². The Kier molecular flexibility index (Phi) is 6.18. The molecular weight excluding hydrogens is 597 g/mol. The second kappa shape index (κ2) is 11.0. The number of benzene rings is 8. The van der Waals surface area contributed by atoms with Gasteiger partial charge < -0.3 is 4.42 Å². The van der Waals surface area contributed by atoms with Gasteiger partial charge in [0.25, 0.3) is 0 Å². The molecule has 3 heteroatoms. The highest BCUT2D eigenvalue weighted by Gasteiger charge is 2.18. The molecule has 2 aromatic heterocycles. The molecule has 3 nitrogen and oxygen atoms in total. The molecule has 49 heavy (non-hydrogen) atoms. The smallest absolute Gasteiger partial charge is 0.161 e. The van der Waals surface area contributed by atoms with Gasteiger partial charge in [-0.2, -0.15) is 0 Å². The monoisotopic (exact) mass is 624 g/mol. The van der Waals surface area contributed by atoms with E-state index in [0.29, 0.717) is 5.82 Å². The maximum Gasteiger partial charge on any atom is 0.161 e. The molecule has 2 heterocycles. The molecular formula is C46H28N2O. The van der Waals surface area contributed by atoms with E-state index in [4.69, 9.17) is 14.4 Å². The van der Waals surface area contributed by atoms with Crippen LogP contribution in [0.5, 0.6) is 0 Å². The van der Waals surface area contributed by atoms with Crippen LogP contribution in [0.4, 0.5) is 0 Å². The van der Waals surface area contributed by atoms with Crippen molar-refractivity contribution >= 4 is 54.3 Å². The largest absolute Gasteiger partial charge is 0.456 e. The maximum atomic E-state index is 6.54. The third-order valence-electron chi connectivity index (χ3n) is 9.66. The molecule has 0 amide bonds. The first-order valence-electron chi connectivity index (χ1n) is 16.6. The van der Waals surface area contributed by atoms with Crippen molar-refractivity contribution in [3.8, 4) is 45.0 Å². The fourth-order valence-corrected chi connectivity index (χ4v) is 7.21. The van der Waals surface area contributed by atoms with Gasteiger partial charge in [-0.1, -0.05) is 133 Å². The van der Waals surface area contributed by atoms with Crippen LogP contribution in [0.15, 0.2) is 174 Å². The number of hydrogen-bond donors (Lipinski definition) is 0. The Morgan fingerprint density at radius 3 is 1.86 bits per heavy atom. The van der Waals surface area contributed by atoms with E-state index < -0.39 is 0 Å². The van der Waals surface area contributed by atoms with Gasteiger partial charge in [-0.15, -0.1) is 0 Å². The summed E-state index contributed by atoms with van der Waals surface area (Å²) in [5.41, 5.74) is 8.73. The van der Waals surface area contributed by atoms with E-state index in [-0.39, 0.29) is 0 Å². The second-order valence-electron chi connectivity index (χ2n) is 12.6. The van der Waals surface area contributed by atoms with Crippen molar-refractivity contribution in [1.82, 2.24) is 9.97 Å². The highest BCUT2D eigenvalue weighted by atomic mass is 16.3. The lowest BCUT2D eigenvalue weighted by Gasteiger charge is -2.11. The van der Waals surface area contributed by atoms with Gasteiger partial charge in [-0.25, -0.2) is 9.97 Å². The Labute approximate surface area is 282 Å². The summed E-state index contributed by atoms with van der Waals surface area (Å²) in [5.74, 6) is 0.670. The minimum atomic E-state index is 0.670. The predicted molar refractivity (Wildman–Crippen MR) is 204 cm³/mol. The van der Waals surface area contributed by atoms with Crippen molar-refractivity contribution in [3.05, 3.63) is 170 Å². The minimum Gasteiger partial charge on any atom is -0.456 e. The van der Waals surface area contributed by atoms with Crippen LogP contribution in [0, 0.1) is 0 Å². The molecule has 0 fully saturated rings. The number of fused-ring (bicyclic) bond motifs is 7. The summed E-state index contributed by atoms with van der Waals surface area (Å²) in [5, 5.41) is 9.46. The molecule has 0 aliphatic rings. The topological polar surface area (TPSA) is 38.9 Å². The summed E-state index contributed by atoms with van der Waals surface area (Å²) in [7, 11) is 0. The van der Waals surface area contributed by atoms with E-state index >= 15 is 0 Å². The Morgan fingerprint density at radius 2 is 0.980 bits per heavy atom. The quantitative estimate of drug-likeness (QED) is 0.183. The molecule has 228 valence electrons. The predicted octanol–water partition coefficient (Wildman–Crippen LogP) is 12.5. The van der Waals surface area contributed by atoms with Crippen molar-refractivity contribution in [2.75, 3.05) is 0 Å². The van der Waals surface area contributed by atoms with Crippen LogP contribution >= 0.6 is 0 Å². The van der Waals surface area contributed by atoms with E-state index in [0.717, 1.165) is 61.1 Å². The number of furan rings is 1. The molecule has 0 aliphatic carbocycles. The molecule has 10 aromatic rings. The van der Waals surface area contributed by atoms with E-state index in [9.17, 15) is 0 Å². The summed E-state index contributed by atoms with van der Waals surface area (Å²) in [4.78, 5) is 10.4. The molecule has 0 aliphatic heterocycles. The molecule has 0 N–H and O–H groups in total. The molecule has 0 spiro atoms. The number of nitrogens with zero attached hydrogens (tertiary/aromatic N) is 2. The number of aromatic nitrogens is 2. The van der Waals surface area contributed by atoms with Crippen LogP contribution in [0.1, 0.15) is 0 Å². The normalized spacial score (nSPS) is 11.7. The van der Waals surface area contributed by atoms with Crippen LogP contribution in [0.25, 0.3) is 99.3 Å². The highest BCUT2D eigenvalue weighted by molar-refractivity contribution is 6.13. The van der Waals surface area contributed by atoms with Gasteiger partial charge in [0.1, 0.15) is 11.2 Å². The van der Waals surface area contributed by atoms with E-state index in [2.05, 4.69) is 140 Å². The van der Waals surface area contributed by atoms with Crippen LogP contribution in [-0.4, -0.2) is 9.97 Å². The Balaban J connectivity index is 1.13. The summed E-state index contributed by atoms with van der Waals surface area (Å²) < 4.78 is 6.54. The van der Waals surface area contributed by atoms with Gasteiger partial charge in [0.2, 0.25) is 0 Å². The number of hydrogen-bond acceptors (Lipinski definition) is 3. The zero-order chi connectivity index (χ0) is 32.3. The van der Waals surface area contributed by atoms with Gasteiger partial charge in [-0.3, -0.25) is 0 Å². The third-order valence-corrected chi connectivity index (χ3v) is 9.66. The molecule has 0 saturated heterocycles. The minimum absolute atomic E-state index is 0.670. The summed E-state index contributed by atoms with van der Waals surface area (Å²) >= 11 is 0. The van der Waals surface area contributed by atoms with E-state index in [1.807, 2.05) is 30.3 Å². The first-order valence-corrected chi connectivity index (χ1v) is 16.6. The first kappa shape index (κ1) is 27.5. The maximum absolute atomic E-state index is 6.54. The van der Waals surface area contributed by atoms with E-state index in [1.54, 1.807) is 0 Å². The van der Waals surface area contributed by atoms with Crippen molar-refractivity contribution in [2.24, 2.45) is 0 Å². The van der Waals surface area contributed by atoms with Crippen LogP contribution in [-0.2, 0) is 0 Å². The van der Waals surface area contributed by atoms with Gasteiger partial charge in [0.05, 0.1) is 11.4 Å². The van der Waals surface area contributed by atoms with Crippen LogP contribution in [0.3, 0.4) is 0 Å². The van der Waals surface area contributed by atoms with Crippen molar-refractivity contribution in [1.29, 1.82) is 0 Å². The van der Waals surface area contributed by atoms with Crippen LogP contribution in [0.2, 0.25) is 0 Å². The highest BCUT2D eigenvalue weighted by Crippen LogP contribution is 2.39. The summed E-state index contributed by atoms with van der Waals surface area (Å²) in [6, 6.07) is 59.7. The Morgan fingerprint density at radius 1 is 0.347 bits per heavy atom. The summed E-state index contributed by atoms with van der Waals surface area (Å²) in [6.07, 6.45) is 0. The van der Waals surface area contributed by atoms with Crippen LogP contribution < -0.4 is 0 Å². The molecule has 0 unspecified atom stereocenters. The second-order valence-corrected chi connectivity index (χ2v) is 12.6. The molecule has 0 radical (unpaired) electrons. The average molecular weight is 625 g/mol. The lowest BCUT2D eigenvalue weighted by molar-refractivity contribution is 0.669. The lowest BCUT2D eigenvalue weighted by atomic mass is 9.96. The van der Waals surface area contributed by atoms with Crippen molar-refractivity contribution in [2.45, 2.75) is 0 Å². The molecule has 0 atom stereocenters. The summed E-state index contributed by atoms with van der Waals surface area (Å²) in [6.45, 7) is 0. The zero-order valence-corrected chi connectivity index (χ0v) is 26.5. The van der Waals surface area contributed by atoms with Crippen molar-refractivity contribution < 1.29 is 4.42 Å². The Hall–Kier alpha value is -6.58. The molecule has 0 saturated carbocycles. The van der Waals surface area contributed by atoms with E-state index in [1.165, 1.54) is 32.3 Å². The third kappa shape index (κ3) is 4.67. The molecule has 10 rings (SSSR count). The lowest BCUT2D eigenvalue weighted by Crippen LogP contribution is -1.96. The molecule has 8 aromatic carbocycles. The first-order chi connectivity index (χ1) is 24.2. The molecule has 0 bridgehead atoms. The SMILES string of the molecule is c1ccc(-c2cc(-c3ccc4ccccc4c3)nc(-c3cccc4oc5cc(-c6ccc7c(ccc8ccccc87)c6)ccc5c34)n2)cc1. The fraction of sp³-hybridized carbons (Fsp3) is 0. The fourth-order valence-electron chi connectivity index (χ4n) is 7.21. The average Bonchev–Trinajstić information content (AvgIpc) is 3.56. The Bertz CT molecular complexity index is 2890. The zero-order valence-electron chi connectivity index (χ0n) is 26.5. The van der Waals surface area contributed by atoms with Gasteiger partial charge in [0, 0.05) is 27.5 Å².